The molecule has 3 aromatic carbocycles. The van der Waals surface area contributed by atoms with E-state index in [1.165, 1.54) is 11.3 Å². The van der Waals surface area contributed by atoms with Gasteiger partial charge in [-0.15, -0.1) is 11.3 Å². The van der Waals surface area contributed by atoms with E-state index < -0.39 is 0 Å². The molecule has 0 atom stereocenters. The third kappa shape index (κ3) is 6.52. The maximum Gasteiger partial charge on any atom is 0.264 e. The molecule has 4 heterocycles. The van der Waals surface area contributed by atoms with E-state index in [1.54, 1.807) is 12.1 Å². The summed E-state index contributed by atoms with van der Waals surface area (Å²) in [4.78, 5) is 24.6. The molecule has 0 saturated carbocycles. The highest BCUT2D eigenvalue weighted by atomic mass is 35.5. The van der Waals surface area contributed by atoms with E-state index in [0.29, 0.717) is 47.5 Å². The Hall–Kier alpha value is -4.98. The molecule has 0 radical (unpaired) electrons. The highest BCUT2D eigenvalue weighted by molar-refractivity contribution is 7.17. The normalized spacial score (nSPS) is 13.9. The van der Waals surface area contributed by atoms with Crippen molar-refractivity contribution in [1.29, 1.82) is 5.26 Å². The zero-order chi connectivity index (χ0) is 31.5. The minimum atomic E-state index is 0.0458. The molecule has 0 spiro atoms. The standard InChI is InChI=1S/C35H31ClN6O3S/c36-34-12-11-33(46-34)35(43)40-15-13-39(14-16-40)28-6-8-29(9-7-28)41(21-27-5-10-31-32(17-27)45-24-44-31)22-30-19-38-23-42(30)20-26-3-1-25(18-37)2-4-26/h1-12,17,19,23H,13-16,20-22,24H2. The molecule has 232 valence electrons. The first kappa shape index (κ1) is 29.7. The van der Waals surface area contributed by atoms with Gasteiger partial charge in [0.15, 0.2) is 11.5 Å². The van der Waals surface area contributed by atoms with Gasteiger partial charge in [-0.3, -0.25) is 4.79 Å². The first-order chi connectivity index (χ1) is 22.5. The van der Waals surface area contributed by atoms with Crippen LogP contribution in [0.25, 0.3) is 0 Å². The number of ether oxygens (including phenoxy) is 2. The summed E-state index contributed by atoms with van der Waals surface area (Å²) in [5.74, 6) is 1.57. The van der Waals surface area contributed by atoms with Crippen molar-refractivity contribution in [2.24, 2.45) is 0 Å². The number of carbonyl (C=O) groups excluding carboxylic acids is 1. The number of halogens is 1. The van der Waals surface area contributed by atoms with Crippen LogP contribution in [0.3, 0.4) is 0 Å². The van der Waals surface area contributed by atoms with Crippen LogP contribution in [0.5, 0.6) is 11.5 Å². The summed E-state index contributed by atoms with van der Waals surface area (Å²) in [5, 5.41) is 9.17. The van der Waals surface area contributed by atoms with Gasteiger partial charge in [0, 0.05) is 56.8 Å². The topological polar surface area (TPSA) is 86.9 Å². The van der Waals surface area contributed by atoms with Gasteiger partial charge in [0.2, 0.25) is 6.79 Å². The summed E-state index contributed by atoms with van der Waals surface area (Å²) in [6, 6.07) is 28.1. The Morgan fingerprint density at radius 3 is 2.41 bits per heavy atom. The van der Waals surface area contributed by atoms with Crippen molar-refractivity contribution < 1.29 is 14.3 Å². The molecule has 0 bridgehead atoms. The highest BCUT2D eigenvalue weighted by Gasteiger charge is 2.24. The number of amides is 1. The predicted octanol–water partition coefficient (Wildman–Crippen LogP) is 6.42. The second kappa shape index (κ2) is 13.2. The van der Waals surface area contributed by atoms with E-state index in [9.17, 15) is 4.79 Å². The van der Waals surface area contributed by atoms with Crippen LogP contribution in [0, 0.1) is 11.3 Å². The molecule has 2 aliphatic rings. The van der Waals surface area contributed by atoms with Crippen molar-refractivity contribution in [3.63, 3.8) is 0 Å². The number of aromatic nitrogens is 2. The van der Waals surface area contributed by atoms with Crippen LogP contribution < -0.4 is 19.3 Å². The van der Waals surface area contributed by atoms with Gasteiger partial charge < -0.3 is 28.7 Å². The number of carbonyl (C=O) groups is 1. The van der Waals surface area contributed by atoms with Crippen molar-refractivity contribution in [3.8, 4) is 17.6 Å². The van der Waals surface area contributed by atoms with Crippen LogP contribution in [0.1, 0.15) is 32.1 Å². The second-order valence-electron chi connectivity index (χ2n) is 11.3. The van der Waals surface area contributed by atoms with Crippen LogP contribution >= 0.6 is 22.9 Å². The van der Waals surface area contributed by atoms with E-state index in [-0.39, 0.29) is 12.7 Å². The number of thiophene rings is 1. The Bertz CT molecular complexity index is 1870. The summed E-state index contributed by atoms with van der Waals surface area (Å²) in [6.07, 6.45) is 3.77. The third-order valence-corrected chi connectivity index (χ3v) is 9.55. The van der Waals surface area contributed by atoms with Gasteiger partial charge in [-0.25, -0.2) is 4.98 Å². The zero-order valence-corrected chi connectivity index (χ0v) is 26.6. The fourth-order valence-electron chi connectivity index (χ4n) is 5.82. The monoisotopic (exact) mass is 650 g/mol. The molecular formula is C35H31ClN6O3S. The van der Waals surface area contributed by atoms with E-state index in [2.05, 4.69) is 55.8 Å². The lowest BCUT2D eigenvalue weighted by Gasteiger charge is -2.36. The highest BCUT2D eigenvalue weighted by Crippen LogP contribution is 2.34. The van der Waals surface area contributed by atoms with Gasteiger partial charge in [0.1, 0.15) is 0 Å². The maximum absolute atomic E-state index is 12.9. The number of hydrogen-bond acceptors (Lipinski definition) is 8. The minimum Gasteiger partial charge on any atom is -0.454 e. The number of rotatable bonds is 9. The van der Waals surface area contributed by atoms with Gasteiger partial charge in [0.05, 0.1) is 39.4 Å². The van der Waals surface area contributed by atoms with Crippen molar-refractivity contribution in [3.05, 3.63) is 123 Å². The van der Waals surface area contributed by atoms with Crippen molar-refractivity contribution in [2.45, 2.75) is 19.6 Å². The van der Waals surface area contributed by atoms with Gasteiger partial charge in [-0.1, -0.05) is 29.8 Å². The Morgan fingerprint density at radius 1 is 0.913 bits per heavy atom. The largest absolute Gasteiger partial charge is 0.454 e. The van der Waals surface area contributed by atoms with Gasteiger partial charge in [-0.2, -0.15) is 5.26 Å². The molecule has 11 heteroatoms. The smallest absolute Gasteiger partial charge is 0.264 e. The third-order valence-electron chi connectivity index (χ3n) is 8.33. The van der Waals surface area contributed by atoms with Crippen molar-refractivity contribution >= 4 is 40.2 Å². The molecule has 46 heavy (non-hydrogen) atoms. The summed E-state index contributed by atoms with van der Waals surface area (Å²) in [7, 11) is 0. The van der Waals surface area contributed by atoms with Crippen LogP contribution in [-0.4, -0.2) is 53.3 Å². The SMILES string of the molecule is N#Cc1ccc(Cn2cncc2CN(Cc2ccc3c(c2)OCO3)c2ccc(N3CCN(C(=O)c4ccc(Cl)s4)CC3)cc2)cc1. The molecule has 5 aromatic rings. The molecule has 1 saturated heterocycles. The fraction of sp³-hybridized carbons (Fsp3) is 0.229. The van der Waals surface area contributed by atoms with Crippen LogP contribution in [0.4, 0.5) is 11.4 Å². The zero-order valence-electron chi connectivity index (χ0n) is 25.0. The molecule has 2 aromatic heterocycles. The Kier molecular flexibility index (Phi) is 8.51. The van der Waals surface area contributed by atoms with E-state index >= 15 is 0 Å². The lowest BCUT2D eigenvalue weighted by atomic mass is 10.1. The number of imidazole rings is 1. The van der Waals surface area contributed by atoms with E-state index in [0.717, 1.165) is 52.8 Å². The van der Waals surface area contributed by atoms with E-state index in [4.69, 9.17) is 26.3 Å². The minimum absolute atomic E-state index is 0.0458. The van der Waals surface area contributed by atoms with Crippen LogP contribution in [-0.2, 0) is 19.6 Å². The van der Waals surface area contributed by atoms with Crippen LogP contribution in [0.2, 0.25) is 4.34 Å². The predicted molar refractivity (Wildman–Crippen MR) is 179 cm³/mol. The lowest BCUT2D eigenvalue weighted by Crippen LogP contribution is -2.48. The fourth-order valence-corrected chi connectivity index (χ4v) is 6.84. The summed E-state index contributed by atoms with van der Waals surface area (Å²) >= 11 is 7.38. The Morgan fingerprint density at radius 2 is 1.67 bits per heavy atom. The molecule has 1 amide bonds. The number of hydrogen-bond donors (Lipinski definition) is 0. The Labute approximate surface area is 276 Å². The van der Waals surface area contributed by atoms with Gasteiger partial charge >= 0.3 is 0 Å². The average Bonchev–Trinajstić information content (AvgIpc) is 3.86. The first-order valence-electron chi connectivity index (χ1n) is 15.0. The number of fused-ring (bicyclic) bond motifs is 1. The quantitative estimate of drug-likeness (QED) is 0.182. The molecule has 7 rings (SSSR count). The van der Waals surface area contributed by atoms with Gasteiger partial charge in [-0.05, 0) is 71.8 Å². The number of benzene rings is 3. The molecule has 0 unspecified atom stereocenters. The molecule has 0 aliphatic carbocycles. The summed E-state index contributed by atoms with van der Waals surface area (Å²) in [6.45, 7) is 5.04. The average molecular weight is 651 g/mol. The summed E-state index contributed by atoms with van der Waals surface area (Å²) in [5.41, 5.74) is 6.14. The number of anilines is 2. The Balaban J connectivity index is 1.08. The first-order valence-corrected chi connectivity index (χ1v) is 16.2. The molecule has 2 aliphatic heterocycles. The summed E-state index contributed by atoms with van der Waals surface area (Å²) < 4.78 is 14.0. The lowest BCUT2D eigenvalue weighted by molar-refractivity contribution is 0.0751. The number of nitriles is 1. The second-order valence-corrected chi connectivity index (χ2v) is 13.0. The molecule has 0 N–H and O–H groups in total. The van der Waals surface area contributed by atoms with Crippen molar-refractivity contribution in [1.82, 2.24) is 14.5 Å². The number of piperazine rings is 1. The van der Waals surface area contributed by atoms with Crippen LogP contribution in [0.15, 0.2) is 91.4 Å². The van der Waals surface area contributed by atoms with Gasteiger partial charge in [0.25, 0.3) is 5.91 Å². The number of nitrogens with zero attached hydrogens (tertiary/aromatic N) is 6. The van der Waals surface area contributed by atoms with Crippen molar-refractivity contribution in [2.75, 3.05) is 42.8 Å². The molecule has 1 fully saturated rings. The maximum atomic E-state index is 12.9. The molecule has 9 nitrogen and oxygen atoms in total. The van der Waals surface area contributed by atoms with E-state index in [1.807, 2.05) is 53.8 Å². The molecular weight excluding hydrogens is 620 g/mol.